The summed E-state index contributed by atoms with van der Waals surface area (Å²) in [5, 5.41) is 20.1. The molecule has 0 bridgehead atoms. The lowest BCUT2D eigenvalue weighted by Gasteiger charge is -2.43. The molecule has 0 spiro atoms. The van der Waals surface area contributed by atoms with Crippen LogP contribution in [0.15, 0.2) is 18.2 Å². The molecule has 6 heteroatoms. The maximum atomic E-state index is 14.1. The van der Waals surface area contributed by atoms with Crippen LogP contribution < -0.4 is 4.74 Å². The third kappa shape index (κ3) is 4.06. The van der Waals surface area contributed by atoms with Gasteiger partial charge < -0.3 is 14.9 Å². The first-order chi connectivity index (χ1) is 11.6. The van der Waals surface area contributed by atoms with Crippen molar-refractivity contribution >= 4 is 0 Å². The Morgan fingerprint density at radius 3 is 2.54 bits per heavy atom. The van der Waals surface area contributed by atoms with Crippen molar-refractivity contribution in [3.63, 3.8) is 0 Å². The summed E-state index contributed by atoms with van der Waals surface area (Å²) in [6.45, 7) is 3.58. The summed E-state index contributed by atoms with van der Waals surface area (Å²) in [4.78, 5) is 4.40. The number of methoxy groups -OCH3 is 1. The highest BCUT2D eigenvalue weighted by Gasteiger charge is 2.33. The lowest BCUT2D eigenvalue weighted by molar-refractivity contribution is -0.0357. The second kappa shape index (κ2) is 7.78. The topological polar surface area (TPSA) is 56.2 Å². The Balaban J connectivity index is 1.55. The number of benzene rings is 1. The molecule has 5 nitrogen and oxygen atoms in total. The van der Waals surface area contributed by atoms with E-state index >= 15 is 0 Å². The molecule has 2 aliphatic heterocycles. The standard InChI is InChI=1S/C18H27FN2O3/c1-24-15-3-2-13(16(19)10-15)11-20-7-6-17(18(23)12-20)21-8-4-14(22)5-9-21/h2-3,10,14,17-18,22-23H,4-9,11-12H2,1H3/t17-,18-/m1/s1. The highest BCUT2D eigenvalue weighted by atomic mass is 19.1. The van der Waals surface area contributed by atoms with E-state index in [0.29, 0.717) is 24.4 Å². The van der Waals surface area contributed by atoms with Crippen molar-refractivity contribution in [1.29, 1.82) is 0 Å². The Morgan fingerprint density at radius 1 is 1.17 bits per heavy atom. The lowest BCUT2D eigenvalue weighted by Crippen LogP contribution is -2.55. The quantitative estimate of drug-likeness (QED) is 0.865. The van der Waals surface area contributed by atoms with Crippen LogP contribution in [0.1, 0.15) is 24.8 Å². The van der Waals surface area contributed by atoms with Gasteiger partial charge in [0.1, 0.15) is 11.6 Å². The second-order valence-corrected chi connectivity index (χ2v) is 6.88. The van der Waals surface area contributed by atoms with E-state index < -0.39 is 6.10 Å². The fraction of sp³-hybridized carbons (Fsp3) is 0.667. The minimum Gasteiger partial charge on any atom is -0.497 e. The molecular weight excluding hydrogens is 311 g/mol. The van der Waals surface area contributed by atoms with Gasteiger partial charge in [-0.05, 0) is 25.3 Å². The molecule has 134 valence electrons. The molecule has 2 N–H and O–H groups in total. The molecule has 0 aliphatic carbocycles. The average molecular weight is 338 g/mol. The highest BCUT2D eigenvalue weighted by molar-refractivity contribution is 5.28. The molecule has 3 rings (SSSR count). The number of rotatable bonds is 4. The third-order valence-corrected chi connectivity index (χ3v) is 5.25. The van der Waals surface area contributed by atoms with Crippen molar-refractivity contribution in [3.8, 4) is 5.75 Å². The number of hydrogen-bond acceptors (Lipinski definition) is 5. The maximum Gasteiger partial charge on any atom is 0.131 e. The van der Waals surface area contributed by atoms with Crippen LogP contribution in [0.5, 0.6) is 5.75 Å². The van der Waals surface area contributed by atoms with E-state index in [1.807, 2.05) is 0 Å². The van der Waals surface area contributed by atoms with Gasteiger partial charge in [-0.3, -0.25) is 9.80 Å². The predicted octanol–water partition coefficient (Wildman–Crippen LogP) is 1.23. The van der Waals surface area contributed by atoms with Crippen LogP contribution in [0.3, 0.4) is 0 Å². The Labute approximate surface area is 142 Å². The fourth-order valence-corrected chi connectivity index (χ4v) is 3.80. The Hall–Kier alpha value is -1.21. The molecule has 24 heavy (non-hydrogen) atoms. The van der Waals surface area contributed by atoms with Gasteiger partial charge >= 0.3 is 0 Å². The van der Waals surface area contributed by atoms with Crippen LogP contribution in [0.4, 0.5) is 4.39 Å². The normalized spacial score (nSPS) is 27.3. The summed E-state index contributed by atoms with van der Waals surface area (Å²) in [5.74, 6) is 0.248. The summed E-state index contributed by atoms with van der Waals surface area (Å²) >= 11 is 0. The summed E-state index contributed by atoms with van der Waals surface area (Å²) in [5.41, 5.74) is 0.627. The minimum atomic E-state index is -0.435. The SMILES string of the molecule is COc1ccc(CN2CC[C@@H](N3CCC(O)CC3)[C@H](O)C2)c(F)c1. The van der Waals surface area contributed by atoms with E-state index in [4.69, 9.17) is 4.74 Å². The zero-order valence-corrected chi connectivity index (χ0v) is 14.2. The molecule has 2 saturated heterocycles. The van der Waals surface area contributed by atoms with Gasteiger partial charge in [-0.15, -0.1) is 0 Å². The zero-order valence-electron chi connectivity index (χ0n) is 14.2. The Morgan fingerprint density at radius 2 is 1.92 bits per heavy atom. The van der Waals surface area contributed by atoms with Crippen molar-refractivity contribution < 1.29 is 19.3 Å². The first-order valence-corrected chi connectivity index (χ1v) is 8.72. The molecule has 0 radical (unpaired) electrons. The zero-order chi connectivity index (χ0) is 17.1. The first-order valence-electron chi connectivity index (χ1n) is 8.72. The number of aliphatic hydroxyl groups is 2. The van der Waals surface area contributed by atoms with Crippen LogP contribution in [-0.4, -0.2) is 71.6 Å². The summed E-state index contributed by atoms with van der Waals surface area (Å²) < 4.78 is 19.1. The van der Waals surface area contributed by atoms with E-state index in [2.05, 4.69) is 9.80 Å². The summed E-state index contributed by atoms with van der Waals surface area (Å²) in [6, 6.07) is 5.06. The average Bonchev–Trinajstić information content (AvgIpc) is 2.58. The molecule has 2 fully saturated rings. The van der Waals surface area contributed by atoms with Gasteiger partial charge in [0.05, 0.1) is 19.3 Å². The number of β-amino-alcohol motifs (C(OH)–C–C–N with tert-alkyl or cyclic N) is 1. The number of aliphatic hydroxyl groups excluding tert-OH is 2. The molecule has 2 aliphatic rings. The fourth-order valence-electron chi connectivity index (χ4n) is 3.80. The van der Waals surface area contributed by atoms with Crippen molar-refractivity contribution in [2.45, 2.75) is 44.1 Å². The van der Waals surface area contributed by atoms with Gasteiger partial charge in [-0.2, -0.15) is 0 Å². The van der Waals surface area contributed by atoms with Crippen LogP contribution in [-0.2, 0) is 6.54 Å². The molecule has 0 amide bonds. The van der Waals surface area contributed by atoms with Crippen LogP contribution in [0, 0.1) is 5.82 Å². The van der Waals surface area contributed by atoms with Gasteiger partial charge in [-0.1, -0.05) is 6.07 Å². The molecule has 2 heterocycles. The molecule has 2 atom stereocenters. The molecular formula is C18H27FN2O3. The van der Waals surface area contributed by atoms with Crippen LogP contribution in [0.25, 0.3) is 0 Å². The van der Waals surface area contributed by atoms with Crippen molar-refractivity contribution in [1.82, 2.24) is 9.80 Å². The summed E-state index contributed by atoms with van der Waals surface area (Å²) in [7, 11) is 1.52. The van der Waals surface area contributed by atoms with Crippen LogP contribution >= 0.6 is 0 Å². The lowest BCUT2D eigenvalue weighted by atomic mass is 9.96. The van der Waals surface area contributed by atoms with Gasteiger partial charge in [0.2, 0.25) is 0 Å². The van der Waals surface area contributed by atoms with E-state index in [0.717, 1.165) is 38.9 Å². The minimum absolute atomic E-state index is 0.148. The highest BCUT2D eigenvalue weighted by Crippen LogP contribution is 2.24. The molecule has 0 unspecified atom stereocenters. The molecule has 1 aromatic carbocycles. The van der Waals surface area contributed by atoms with Gasteiger partial charge in [0.15, 0.2) is 0 Å². The number of hydrogen-bond donors (Lipinski definition) is 2. The summed E-state index contributed by atoms with van der Waals surface area (Å²) in [6.07, 6.45) is 1.80. The van der Waals surface area contributed by atoms with Gasteiger partial charge in [0, 0.05) is 50.4 Å². The van der Waals surface area contributed by atoms with E-state index in [9.17, 15) is 14.6 Å². The third-order valence-electron chi connectivity index (χ3n) is 5.25. The molecule has 0 saturated carbocycles. The van der Waals surface area contributed by atoms with Gasteiger partial charge in [-0.25, -0.2) is 4.39 Å². The van der Waals surface area contributed by atoms with E-state index in [1.165, 1.54) is 13.2 Å². The maximum absolute atomic E-state index is 14.1. The van der Waals surface area contributed by atoms with Crippen molar-refractivity contribution in [3.05, 3.63) is 29.6 Å². The van der Waals surface area contributed by atoms with E-state index in [1.54, 1.807) is 12.1 Å². The van der Waals surface area contributed by atoms with Crippen molar-refractivity contribution in [2.24, 2.45) is 0 Å². The number of nitrogens with zero attached hydrogens (tertiary/aromatic N) is 2. The van der Waals surface area contributed by atoms with E-state index in [-0.39, 0.29) is 18.0 Å². The van der Waals surface area contributed by atoms with Crippen LogP contribution in [0.2, 0.25) is 0 Å². The number of halogens is 1. The predicted molar refractivity (Wildman–Crippen MR) is 89.5 cm³/mol. The Kier molecular flexibility index (Phi) is 5.71. The van der Waals surface area contributed by atoms with Crippen molar-refractivity contribution in [2.75, 3.05) is 33.3 Å². The molecule has 0 aromatic heterocycles. The first kappa shape index (κ1) is 17.6. The Bertz CT molecular complexity index is 549. The van der Waals surface area contributed by atoms with Gasteiger partial charge in [0.25, 0.3) is 0 Å². The number of likely N-dealkylation sites (tertiary alicyclic amines) is 2. The second-order valence-electron chi connectivity index (χ2n) is 6.88. The molecule has 1 aromatic rings. The number of piperidine rings is 2. The smallest absolute Gasteiger partial charge is 0.131 e. The number of ether oxygens (including phenoxy) is 1. The monoisotopic (exact) mass is 338 g/mol. The largest absolute Gasteiger partial charge is 0.497 e.